The number of ether oxygens (including phenoxy) is 1. The molecule has 1 amide bonds. The molecule has 0 atom stereocenters. The normalized spacial score (nSPS) is 10.8. The van der Waals surface area contributed by atoms with Crippen molar-refractivity contribution >= 4 is 38.8 Å². The number of hydrogen-bond acceptors (Lipinski definition) is 4. The molecular weight excluding hydrogens is 356 g/mol. The molecule has 1 N–H and O–H groups in total. The van der Waals surface area contributed by atoms with Gasteiger partial charge in [0.25, 0.3) is 11.6 Å². The lowest BCUT2D eigenvalue weighted by Crippen LogP contribution is -2.13. The number of benzene rings is 4. The van der Waals surface area contributed by atoms with Crippen molar-refractivity contribution in [3.05, 3.63) is 88.5 Å². The van der Waals surface area contributed by atoms with Crippen LogP contribution in [0.25, 0.3) is 21.5 Å². The fourth-order valence-corrected chi connectivity index (χ4v) is 3.39. The van der Waals surface area contributed by atoms with Gasteiger partial charge in [-0.05, 0) is 23.6 Å². The van der Waals surface area contributed by atoms with Gasteiger partial charge in [-0.2, -0.15) is 0 Å². The van der Waals surface area contributed by atoms with E-state index in [-0.39, 0.29) is 11.6 Å². The Morgan fingerprint density at radius 2 is 1.61 bits per heavy atom. The predicted octanol–water partition coefficient (Wildman–Crippen LogP) is 5.16. The van der Waals surface area contributed by atoms with Gasteiger partial charge in [0.15, 0.2) is 0 Å². The second-order valence-corrected chi connectivity index (χ2v) is 6.26. The van der Waals surface area contributed by atoms with Gasteiger partial charge in [0.2, 0.25) is 0 Å². The lowest BCUT2D eigenvalue weighted by atomic mass is 10.0. The van der Waals surface area contributed by atoms with Gasteiger partial charge in [0.05, 0.1) is 23.0 Å². The molecule has 0 fully saturated rings. The number of amides is 1. The van der Waals surface area contributed by atoms with Gasteiger partial charge in [-0.25, -0.2) is 0 Å². The smallest absolute Gasteiger partial charge is 0.277 e. The van der Waals surface area contributed by atoms with E-state index < -0.39 is 4.92 Å². The van der Waals surface area contributed by atoms with Gasteiger partial charge in [-0.15, -0.1) is 0 Å². The molecule has 4 aromatic rings. The molecule has 0 saturated heterocycles. The van der Waals surface area contributed by atoms with Crippen LogP contribution in [0.4, 0.5) is 11.4 Å². The van der Waals surface area contributed by atoms with Crippen molar-refractivity contribution in [3.8, 4) is 5.75 Å². The van der Waals surface area contributed by atoms with Crippen LogP contribution in [0.1, 0.15) is 10.4 Å². The molecule has 0 aliphatic rings. The maximum atomic E-state index is 13.0. The second kappa shape index (κ2) is 7.00. The summed E-state index contributed by atoms with van der Waals surface area (Å²) in [5.41, 5.74) is 0.891. The molecule has 0 heterocycles. The minimum absolute atomic E-state index is 0.00288. The van der Waals surface area contributed by atoms with E-state index in [2.05, 4.69) is 5.32 Å². The van der Waals surface area contributed by atoms with Crippen LogP contribution in [0.3, 0.4) is 0 Å². The van der Waals surface area contributed by atoms with E-state index in [9.17, 15) is 14.9 Å². The Balaban J connectivity index is 1.79. The van der Waals surface area contributed by atoms with Crippen LogP contribution in [0.15, 0.2) is 72.8 Å². The van der Waals surface area contributed by atoms with E-state index in [4.69, 9.17) is 4.74 Å². The number of nitrogens with zero attached hydrogens (tertiary/aromatic N) is 1. The molecule has 0 aromatic heterocycles. The molecule has 0 aliphatic heterocycles. The van der Waals surface area contributed by atoms with Crippen LogP contribution in [0.5, 0.6) is 5.75 Å². The number of methoxy groups -OCH3 is 1. The Bertz CT molecular complexity index is 1230. The minimum atomic E-state index is -0.430. The van der Waals surface area contributed by atoms with Crippen molar-refractivity contribution in [3.63, 3.8) is 0 Å². The average Bonchev–Trinajstić information content (AvgIpc) is 2.72. The van der Waals surface area contributed by atoms with Crippen LogP contribution < -0.4 is 10.1 Å². The highest BCUT2D eigenvalue weighted by Crippen LogP contribution is 2.33. The van der Waals surface area contributed by atoms with Gasteiger partial charge in [0, 0.05) is 22.5 Å². The van der Waals surface area contributed by atoms with E-state index >= 15 is 0 Å². The van der Waals surface area contributed by atoms with Crippen LogP contribution in [0, 0.1) is 10.1 Å². The number of carbonyl (C=O) groups excluding carboxylic acids is 1. The summed E-state index contributed by atoms with van der Waals surface area (Å²) in [7, 11) is 1.53. The SMILES string of the molecule is COc1c(C(=O)Nc2cccc3c([N+](=O)[O-])cccc23)ccc2ccccc12. The Hall–Kier alpha value is -3.93. The average molecular weight is 372 g/mol. The molecule has 4 rings (SSSR count). The second-order valence-electron chi connectivity index (χ2n) is 6.26. The summed E-state index contributed by atoms with van der Waals surface area (Å²) >= 11 is 0. The van der Waals surface area contributed by atoms with E-state index in [0.717, 1.165) is 10.8 Å². The molecule has 4 aromatic carbocycles. The topological polar surface area (TPSA) is 81.5 Å². The Labute approximate surface area is 160 Å². The number of fused-ring (bicyclic) bond motifs is 2. The van der Waals surface area contributed by atoms with Crippen molar-refractivity contribution < 1.29 is 14.5 Å². The zero-order valence-corrected chi connectivity index (χ0v) is 15.0. The Kier molecular flexibility index (Phi) is 4.37. The lowest BCUT2D eigenvalue weighted by molar-refractivity contribution is -0.383. The molecule has 138 valence electrons. The van der Waals surface area contributed by atoms with Gasteiger partial charge in [0.1, 0.15) is 5.75 Å². The number of hydrogen-bond donors (Lipinski definition) is 1. The molecular formula is C22H16N2O4. The first-order valence-electron chi connectivity index (χ1n) is 8.63. The molecule has 6 nitrogen and oxygen atoms in total. The molecule has 0 radical (unpaired) electrons. The lowest BCUT2D eigenvalue weighted by Gasteiger charge is -2.13. The highest BCUT2D eigenvalue weighted by molar-refractivity contribution is 6.13. The maximum Gasteiger partial charge on any atom is 0.277 e. The first-order valence-corrected chi connectivity index (χ1v) is 8.63. The number of nitrogens with one attached hydrogen (secondary N) is 1. The Morgan fingerprint density at radius 1 is 0.893 bits per heavy atom. The molecule has 6 heteroatoms. The summed E-state index contributed by atoms with van der Waals surface area (Å²) in [6.07, 6.45) is 0. The standard InChI is InChI=1S/C22H16N2O4/c1-28-21-15-7-3-2-6-14(15)12-13-18(21)22(25)23-19-10-4-9-17-16(19)8-5-11-20(17)24(26)27/h2-13H,1H3,(H,23,25). The van der Waals surface area contributed by atoms with Crippen LogP contribution >= 0.6 is 0 Å². The number of rotatable bonds is 4. The van der Waals surface area contributed by atoms with Gasteiger partial charge < -0.3 is 10.1 Å². The molecule has 0 bridgehead atoms. The van der Waals surface area contributed by atoms with Crippen LogP contribution in [-0.4, -0.2) is 17.9 Å². The summed E-state index contributed by atoms with van der Waals surface area (Å²) in [4.78, 5) is 23.8. The van der Waals surface area contributed by atoms with Crippen LogP contribution in [-0.2, 0) is 0 Å². The zero-order chi connectivity index (χ0) is 19.7. The first kappa shape index (κ1) is 17.5. The van der Waals surface area contributed by atoms with Crippen molar-refractivity contribution in [2.45, 2.75) is 0 Å². The van der Waals surface area contributed by atoms with Crippen LogP contribution in [0.2, 0.25) is 0 Å². The summed E-state index contributed by atoms with van der Waals surface area (Å²) in [5, 5.41) is 17.0. The fraction of sp³-hybridized carbons (Fsp3) is 0.0455. The highest BCUT2D eigenvalue weighted by Gasteiger charge is 2.18. The van der Waals surface area contributed by atoms with E-state index in [1.54, 1.807) is 36.4 Å². The van der Waals surface area contributed by atoms with Gasteiger partial charge >= 0.3 is 0 Å². The zero-order valence-electron chi connectivity index (χ0n) is 15.0. The summed E-state index contributed by atoms with van der Waals surface area (Å²) < 4.78 is 5.51. The first-order chi connectivity index (χ1) is 13.6. The van der Waals surface area contributed by atoms with E-state index in [1.165, 1.54) is 13.2 Å². The summed E-state index contributed by atoms with van der Waals surface area (Å²) in [5.74, 6) is 0.142. The predicted molar refractivity (Wildman–Crippen MR) is 109 cm³/mol. The molecule has 0 spiro atoms. The van der Waals surface area contributed by atoms with Gasteiger partial charge in [-0.3, -0.25) is 14.9 Å². The largest absolute Gasteiger partial charge is 0.495 e. The maximum absolute atomic E-state index is 13.0. The molecule has 28 heavy (non-hydrogen) atoms. The Morgan fingerprint density at radius 3 is 2.39 bits per heavy atom. The fourth-order valence-electron chi connectivity index (χ4n) is 3.39. The van der Waals surface area contributed by atoms with Crippen molar-refractivity contribution in [2.75, 3.05) is 12.4 Å². The number of nitro groups is 1. The summed E-state index contributed by atoms with van der Waals surface area (Å²) in [6, 6.07) is 21.1. The number of nitro benzene ring substituents is 1. The quantitative estimate of drug-likeness (QED) is 0.396. The third kappa shape index (κ3) is 2.91. The van der Waals surface area contributed by atoms with Crippen molar-refractivity contribution in [2.24, 2.45) is 0 Å². The third-order valence-electron chi connectivity index (χ3n) is 4.67. The molecule has 0 aliphatic carbocycles. The van der Waals surface area contributed by atoms with Gasteiger partial charge in [-0.1, -0.05) is 48.5 Å². The highest BCUT2D eigenvalue weighted by atomic mass is 16.6. The minimum Gasteiger partial charge on any atom is -0.495 e. The third-order valence-corrected chi connectivity index (χ3v) is 4.67. The summed E-state index contributed by atoms with van der Waals surface area (Å²) in [6.45, 7) is 0. The monoisotopic (exact) mass is 372 g/mol. The van der Waals surface area contributed by atoms with E-state index in [0.29, 0.717) is 27.8 Å². The number of anilines is 1. The van der Waals surface area contributed by atoms with Crippen molar-refractivity contribution in [1.82, 2.24) is 0 Å². The van der Waals surface area contributed by atoms with Crippen molar-refractivity contribution in [1.29, 1.82) is 0 Å². The number of carbonyl (C=O) groups is 1. The van der Waals surface area contributed by atoms with E-state index in [1.807, 2.05) is 30.3 Å². The molecule has 0 unspecified atom stereocenters. The number of non-ortho nitro benzene ring substituents is 1. The molecule has 0 saturated carbocycles.